The molecule has 0 bridgehead atoms. The summed E-state index contributed by atoms with van der Waals surface area (Å²) in [6, 6.07) is 8.20. The average Bonchev–Trinajstić information content (AvgIpc) is 2.91. The highest BCUT2D eigenvalue weighted by molar-refractivity contribution is 7.18. The molecule has 0 saturated carbocycles. The van der Waals surface area contributed by atoms with Crippen LogP contribution in [-0.2, 0) is 11.2 Å². The number of nitrogens with one attached hydrogen (secondary N) is 1. The lowest BCUT2D eigenvalue weighted by Gasteiger charge is -2.04. The maximum Gasteiger partial charge on any atom is 0.219 e. The zero-order chi connectivity index (χ0) is 14.9. The average molecular weight is 305 g/mol. The maximum absolute atomic E-state index is 11.6. The zero-order valence-corrected chi connectivity index (χ0v) is 13.1. The summed E-state index contributed by atoms with van der Waals surface area (Å²) in [4.78, 5) is 16.2. The highest BCUT2D eigenvalue weighted by atomic mass is 32.1. The van der Waals surface area contributed by atoms with Crippen molar-refractivity contribution in [3.05, 3.63) is 29.3 Å². The molecule has 5 heteroatoms. The Bertz CT molecular complexity index is 534. The molecule has 114 valence electrons. The fourth-order valence-electron chi connectivity index (χ4n) is 2.17. The topological polar surface area (TPSA) is 68.0 Å². The van der Waals surface area contributed by atoms with Crippen LogP contribution in [0.5, 0.6) is 0 Å². The van der Waals surface area contributed by atoms with Gasteiger partial charge in [-0.05, 0) is 50.8 Å². The fraction of sp³-hybridized carbons (Fsp3) is 0.500. The Labute approximate surface area is 129 Å². The first-order valence-electron chi connectivity index (χ1n) is 7.61. The van der Waals surface area contributed by atoms with Crippen molar-refractivity contribution in [2.75, 3.05) is 13.1 Å². The van der Waals surface area contributed by atoms with Gasteiger partial charge in [-0.3, -0.25) is 4.79 Å². The first-order valence-corrected chi connectivity index (χ1v) is 8.42. The fourth-order valence-corrected chi connectivity index (χ4v) is 3.18. The van der Waals surface area contributed by atoms with Gasteiger partial charge in [0, 0.05) is 13.0 Å². The number of fused-ring (bicyclic) bond motifs is 1. The molecule has 4 nitrogen and oxygen atoms in total. The van der Waals surface area contributed by atoms with Crippen LogP contribution in [0.15, 0.2) is 24.3 Å². The largest absolute Gasteiger partial charge is 0.356 e. The van der Waals surface area contributed by atoms with Crippen LogP contribution in [0.1, 0.15) is 37.1 Å². The molecule has 2 rings (SSSR count). The van der Waals surface area contributed by atoms with E-state index in [2.05, 4.69) is 16.4 Å². The molecule has 21 heavy (non-hydrogen) atoms. The summed E-state index contributed by atoms with van der Waals surface area (Å²) in [5.41, 5.74) is 6.49. The second-order valence-corrected chi connectivity index (χ2v) is 6.24. The van der Waals surface area contributed by atoms with Gasteiger partial charge in [-0.2, -0.15) is 0 Å². The summed E-state index contributed by atoms with van der Waals surface area (Å²) in [6.45, 7) is 1.44. The lowest BCUT2D eigenvalue weighted by molar-refractivity contribution is -0.121. The Morgan fingerprint density at radius 2 is 2.05 bits per heavy atom. The number of aryl methyl sites for hydroxylation is 1. The van der Waals surface area contributed by atoms with Gasteiger partial charge < -0.3 is 11.1 Å². The van der Waals surface area contributed by atoms with Crippen molar-refractivity contribution in [3.63, 3.8) is 0 Å². The molecule has 2 aromatic rings. The number of carbonyl (C=O) groups excluding carboxylic acids is 1. The van der Waals surface area contributed by atoms with Crippen molar-refractivity contribution in [2.24, 2.45) is 5.73 Å². The molecule has 1 heterocycles. The Morgan fingerprint density at radius 3 is 2.86 bits per heavy atom. The van der Waals surface area contributed by atoms with Crippen LogP contribution in [0.4, 0.5) is 0 Å². The predicted octanol–water partition coefficient (Wildman–Crippen LogP) is 2.86. The monoisotopic (exact) mass is 305 g/mol. The van der Waals surface area contributed by atoms with Crippen molar-refractivity contribution in [3.8, 4) is 0 Å². The SMILES string of the molecule is NCCCCNC(=O)CCCCc1nc2ccccc2s1. The molecular weight excluding hydrogens is 282 g/mol. The molecule has 0 aliphatic heterocycles. The Hall–Kier alpha value is -1.46. The van der Waals surface area contributed by atoms with Gasteiger partial charge in [0.1, 0.15) is 0 Å². The van der Waals surface area contributed by atoms with E-state index in [0.717, 1.165) is 44.2 Å². The maximum atomic E-state index is 11.6. The minimum absolute atomic E-state index is 0.149. The van der Waals surface area contributed by atoms with Gasteiger partial charge >= 0.3 is 0 Å². The molecule has 0 radical (unpaired) electrons. The molecule has 1 amide bonds. The summed E-state index contributed by atoms with van der Waals surface area (Å²) < 4.78 is 1.24. The number of nitrogens with zero attached hydrogens (tertiary/aromatic N) is 1. The Morgan fingerprint density at radius 1 is 1.19 bits per heavy atom. The van der Waals surface area contributed by atoms with E-state index in [0.29, 0.717) is 13.0 Å². The van der Waals surface area contributed by atoms with Gasteiger partial charge in [-0.15, -0.1) is 11.3 Å². The molecule has 3 N–H and O–H groups in total. The van der Waals surface area contributed by atoms with E-state index < -0.39 is 0 Å². The summed E-state index contributed by atoms with van der Waals surface area (Å²) >= 11 is 1.75. The molecule has 0 spiro atoms. The standard InChI is InChI=1S/C16H23N3OS/c17-11-5-6-12-18-15(20)9-3-4-10-16-19-13-7-1-2-8-14(13)21-16/h1-2,7-8H,3-6,9-12,17H2,(H,18,20). The lowest BCUT2D eigenvalue weighted by atomic mass is 10.2. The highest BCUT2D eigenvalue weighted by Gasteiger charge is 2.04. The first kappa shape index (κ1) is 15.9. The summed E-state index contributed by atoms with van der Waals surface area (Å²) in [6.07, 6.45) is 5.42. The first-order chi connectivity index (χ1) is 10.3. The molecule has 0 aliphatic carbocycles. The van der Waals surface area contributed by atoms with Crippen molar-refractivity contribution >= 4 is 27.5 Å². The van der Waals surface area contributed by atoms with Crippen molar-refractivity contribution in [1.29, 1.82) is 0 Å². The second-order valence-electron chi connectivity index (χ2n) is 5.13. The van der Waals surface area contributed by atoms with Crippen LogP contribution >= 0.6 is 11.3 Å². The van der Waals surface area contributed by atoms with E-state index in [-0.39, 0.29) is 5.91 Å². The van der Waals surface area contributed by atoms with Crippen molar-refractivity contribution < 1.29 is 4.79 Å². The number of benzene rings is 1. The summed E-state index contributed by atoms with van der Waals surface area (Å²) in [5.74, 6) is 0.149. The van der Waals surface area contributed by atoms with Crippen molar-refractivity contribution in [2.45, 2.75) is 38.5 Å². The third-order valence-corrected chi connectivity index (χ3v) is 4.43. The van der Waals surface area contributed by atoms with Crippen LogP contribution in [0.25, 0.3) is 10.2 Å². The second kappa shape index (κ2) is 8.74. The zero-order valence-electron chi connectivity index (χ0n) is 12.3. The molecule has 0 atom stereocenters. The molecule has 0 saturated heterocycles. The number of hydrogen-bond acceptors (Lipinski definition) is 4. The van der Waals surface area contributed by atoms with Crippen molar-refractivity contribution in [1.82, 2.24) is 10.3 Å². The van der Waals surface area contributed by atoms with E-state index in [1.165, 1.54) is 9.71 Å². The number of nitrogens with two attached hydrogens (primary N) is 1. The molecule has 0 unspecified atom stereocenters. The quantitative estimate of drug-likeness (QED) is 0.700. The third-order valence-electron chi connectivity index (χ3n) is 3.34. The number of rotatable bonds is 9. The van der Waals surface area contributed by atoms with Gasteiger partial charge in [0.2, 0.25) is 5.91 Å². The Kier molecular flexibility index (Phi) is 6.63. The van der Waals surface area contributed by atoms with Gasteiger partial charge in [0.25, 0.3) is 0 Å². The number of hydrogen-bond donors (Lipinski definition) is 2. The minimum Gasteiger partial charge on any atom is -0.356 e. The van der Waals surface area contributed by atoms with E-state index in [1.807, 2.05) is 18.2 Å². The normalized spacial score (nSPS) is 10.9. The number of aromatic nitrogens is 1. The van der Waals surface area contributed by atoms with Gasteiger partial charge in [-0.25, -0.2) is 4.98 Å². The number of thiazole rings is 1. The number of carbonyl (C=O) groups is 1. The summed E-state index contributed by atoms with van der Waals surface area (Å²) in [7, 11) is 0. The van der Waals surface area contributed by atoms with Crippen LogP contribution in [-0.4, -0.2) is 24.0 Å². The third kappa shape index (κ3) is 5.44. The van der Waals surface area contributed by atoms with E-state index >= 15 is 0 Å². The van der Waals surface area contributed by atoms with Gasteiger partial charge in [0.05, 0.1) is 15.2 Å². The molecule has 1 aromatic heterocycles. The minimum atomic E-state index is 0.149. The predicted molar refractivity (Wildman–Crippen MR) is 88.5 cm³/mol. The molecule has 0 aliphatic rings. The number of para-hydroxylation sites is 1. The van der Waals surface area contributed by atoms with Gasteiger partial charge in [0.15, 0.2) is 0 Å². The van der Waals surface area contributed by atoms with Crippen LogP contribution < -0.4 is 11.1 Å². The molecule has 0 fully saturated rings. The number of unbranched alkanes of at least 4 members (excludes halogenated alkanes) is 2. The van der Waals surface area contributed by atoms with Crippen LogP contribution in [0, 0.1) is 0 Å². The number of amides is 1. The van der Waals surface area contributed by atoms with E-state index in [4.69, 9.17) is 5.73 Å². The molecular formula is C16H23N3OS. The lowest BCUT2D eigenvalue weighted by Crippen LogP contribution is -2.24. The van der Waals surface area contributed by atoms with Crippen LogP contribution in [0.3, 0.4) is 0 Å². The smallest absolute Gasteiger partial charge is 0.219 e. The highest BCUT2D eigenvalue weighted by Crippen LogP contribution is 2.22. The van der Waals surface area contributed by atoms with Crippen LogP contribution in [0.2, 0.25) is 0 Å². The van der Waals surface area contributed by atoms with Gasteiger partial charge in [-0.1, -0.05) is 12.1 Å². The van der Waals surface area contributed by atoms with E-state index in [1.54, 1.807) is 11.3 Å². The summed E-state index contributed by atoms with van der Waals surface area (Å²) in [5, 5.41) is 4.10. The Balaban J connectivity index is 1.62. The molecule has 1 aromatic carbocycles. The van der Waals surface area contributed by atoms with E-state index in [9.17, 15) is 4.79 Å².